The Morgan fingerprint density at radius 2 is 1.80 bits per heavy atom. The minimum atomic E-state index is 0.0358. The predicted molar refractivity (Wildman–Crippen MR) is 84.7 cm³/mol. The number of terminal acetylenes is 1. The fourth-order valence-electron chi connectivity index (χ4n) is 2.15. The van der Waals surface area contributed by atoms with Crippen LogP contribution in [0.1, 0.15) is 23.5 Å². The molecule has 0 aliphatic heterocycles. The monoisotopic (exact) mass is 262 g/mol. The van der Waals surface area contributed by atoms with Gasteiger partial charge in [0.05, 0.1) is 7.11 Å². The molecule has 0 saturated heterocycles. The Labute approximate surface area is 120 Å². The van der Waals surface area contributed by atoms with Crippen molar-refractivity contribution >= 4 is 5.57 Å². The predicted octanol–water partition coefficient (Wildman–Crippen LogP) is 4.52. The summed E-state index contributed by atoms with van der Waals surface area (Å²) in [5.41, 5.74) is 3.32. The molecule has 1 atom stereocenters. The second-order valence-electron chi connectivity index (χ2n) is 4.67. The normalized spacial score (nSPS) is 11.4. The average Bonchev–Trinajstić information content (AvgIpc) is 2.53. The molecular formula is C19H18O. The van der Waals surface area contributed by atoms with Gasteiger partial charge >= 0.3 is 0 Å². The molecule has 0 N–H and O–H groups in total. The fourth-order valence-corrected chi connectivity index (χ4v) is 2.15. The van der Waals surface area contributed by atoms with E-state index in [0.717, 1.165) is 28.9 Å². The SMILES string of the molecule is C#CC(CC(=C)c1ccccc1)c1ccc(OC)cc1. The Balaban J connectivity index is 2.13. The van der Waals surface area contributed by atoms with Crippen LogP contribution >= 0.6 is 0 Å². The first-order valence-electron chi connectivity index (χ1n) is 6.58. The van der Waals surface area contributed by atoms with Crippen LogP contribution in [0.3, 0.4) is 0 Å². The third-order valence-corrected chi connectivity index (χ3v) is 3.35. The largest absolute Gasteiger partial charge is 0.497 e. The van der Waals surface area contributed by atoms with Crippen molar-refractivity contribution in [1.29, 1.82) is 0 Å². The first-order chi connectivity index (χ1) is 9.74. The van der Waals surface area contributed by atoms with Gasteiger partial charge in [-0.25, -0.2) is 0 Å². The molecule has 2 aromatic carbocycles. The van der Waals surface area contributed by atoms with E-state index >= 15 is 0 Å². The summed E-state index contributed by atoms with van der Waals surface area (Å²) in [7, 11) is 1.66. The molecular weight excluding hydrogens is 244 g/mol. The quantitative estimate of drug-likeness (QED) is 0.720. The summed E-state index contributed by atoms with van der Waals surface area (Å²) in [6.45, 7) is 4.15. The lowest BCUT2D eigenvalue weighted by Crippen LogP contribution is -1.97. The third-order valence-electron chi connectivity index (χ3n) is 3.35. The Bertz CT molecular complexity index is 602. The molecule has 0 aromatic heterocycles. The van der Waals surface area contributed by atoms with Gasteiger partial charge < -0.3 is 4.74 Å². The molecule has 1 nitrogen and oxygen atoms in total. The van der Waals surface area contributed by atoms with Gasteiger partial charge in [-0.3, -0.25) is 0 Å². The molecule has 0 spiro atoms. The van der Waals surface area contributed by atoms with Crippen LogP contribution in [0, 0.1) is 12.3 Å². The van der Waals surface area contributed by atoms with Crippen LogP contribution in [0.5, 0.6) is 5.75 Å². The summed E-state index contributed by atoms with van der Waals surface area (Å²) in [5, 5.41) is 0. The van der Waals surface area contributed by atoms with Crippen molar-refractivity contribution in [3.05, 3.63) is 72.3 Å². The van der Waals surface area contributed by atoms with Crippen molar-refractivity contribution in [3.63, 3.8) is 0 Å². The highest BCUT2D eigenvalue weighted by Gasteiger charge is 2.11. The van der Waals surface area contributed by atoms with Crippen molar-refractivity contribution in [1.82, 2.24) is 0 Å². The third kappa shape index (κ3) is 3.30. The Hall–Kier alpha value is -2.46. The van der Waals surface area contributed by atoms with E-state index in [2.05, 4.69) is 24.6 Å². The van der Waals surface area contributed by atoms with Crippen molar-refractivity contribution in [3.8, 4) is 18.1 Å². The molecule has 20 heavy (non-hydrogen) atoms. The lowest BCUT2D eigenvalue weighted by Gasteiger charge is -2.14. The van der Waals surface area contributed by atoms with Crippen molar-refractivity contribution in [2.24, 2.45) is 0 Å². The van der Waals surface area contributed by atoms with E-state index < -0.39 is 0 Å². The van der Waals surface area contributed by atoms with Gasteiger partial charge in [0.15, 0.2) is 0 Å². The van der Waals surface area contributed by atoms with Crippen LogP contribution < -0.4 is 4.74 Å². The Morgan fingerprint density at radius 1 is 1.15 bits per heavy atom. The van der Waals surface area contributed by atoms with E-state index in [9.17, 15) is 0 Å². The van der Waals surface area contributed by atoms with E-state index in [0.29, 0.717) is 0 Å². The van der Waals surface area contributed by atoms with Crippen LogP contribution in [-0.4, -0.2) is 7.11 Å². The topological polar surface area (TPSA) is 9.23 Å². The van der Waals surface area contributed by atoms with Crippen LogP contribution in [-0.2, 0) is 0 Å². The zero-order valence-corrected chi connectivity index (χ0v) is 11.7. The molecule has 0 bridgehead atoms. The fraction of sp³-hybridized carbons (Fsp3) is 0.158. The summed E-state index contributed by atoms with van der Waals surface area (Å²) in [5.74, 6) is 3.73. The molecule has 2 rings (SSSR count). The Morgan fingerprint density at radius 3 is 2.35 bits per heavy atom. The summed E-state index contributed by atoms with van der Waals surface area (Å²) in [4.78, 5) is 0. The van der Waals surface area contributed by atoms with Gasteiger partial charge in [-0.2, -0.15) is 0 Å². The number of ether oxygens (including phenoxy) is 1. The number of benzene rings is 2. The molecule has 0 aliphatic rings. The van der Waals surface area contributed by atoms with Crippen molar-refractivity contribution in [2.75, 3.05) is 7.11 Å². The molecule has 100 valence electrons. The summed E-state index contributed by atoms with van der Waals surface area (Å²) in [6, 6.07) is 18.0. The summed E-state index contributed by atoms with van der Waals surface area (Å²) in [6.07, 6.45) is 6.44. The lowest BCUT2D eigenvalue weighted by atomic mass is 9.90. The van der Waals surface area contributed by atoms with Gasteiger partial charge in [0.1, 0.15) is 5.75 Å². The van der Waals surface area contributed by atoms with Crippen molar-refractivity contribution in [2.45, 2.75) is 12.3 Å². The maximum Gasteiger partial charge on any atom is 0.118 e. The van der Waals surface area contributed by atoms with Crippen LogP contribution in [0.25, 0.3) is 5.57 Å². The molecule has 0 heterocycles. The average molecular weight is 262 g/mol. The first-order valence-corrected chi connectivity index (χ1v) is 6.58. The number of hydrogen-bond donors (Lipinski definition) is 0. The number of hydrogen-bond acceptors (Lipinski definition) is 1. The van der Waals surface area contributed by atoms with Gasteiger partial charge in [0, 0.05) is 5.92 Å². The van der Waals surface area contributed by atoms with Gasteiger partial charge in [-0.05, 0) is 35.3 Å². The van der Waals surface area contributed by atoms with Gasteiger partial charge in [0.25, 0.3) is 0 Å². The lowest BCUT2D eigenvalue weighted by molar-refractivity contribution is 0.414. The molecule has 0 amide bonds. The molecule has 2 aromatic rings. The minimum absolute atomic E-state index is 0.0358. The van der Waals surface area contributed by atoms with Gasteiger partial charge in [-0.15, -0.1) is 6.42 Å². The summed E-state index contributed by atoms with van der Waals surface area (Å²) < 4.78 is 5.16. The standard InChI is InChI=1S/C19H18O/c1-4-16(18-10-12-19(20-3)13-11-18)14-15(2)17-8-6-5-7-9-17/h1,5-13,16H,2,14H2,3H3. The second-order valence-corrected chi connectivity index (χ2v) is 4.67. The van der Waals surface area contributed by atoms with E-state index in [4.69, 9.17) is 11.2 Å². The van der Waals surface area contributed by atoms with E-state index in [1.807, 2.05) is 42.5 Å². The highest BCUT2D eigenvalue weighted by atomic mass is 16.5. The van der Waals surface area contributed by atoms with E-state index in [1.54, 1.807) is 7.11 Å². The highest BCUT2D eigenvalue weighted by Crippen LogP contribution is 2.28. The maximum atomic E-state index is 5.68. The second kappa shape index (κ2) is 6.63. The van der Waals surface area contributed by atoms with Gasteiger partial charge in [0.2, 0.25) is 0 Å². The molecule has 1 unspecified atom stereocenters. The smallest absolute Gasteiger partial charge is 0.118 e. The maximum absolute atomic E-state index is 5.68. The van der Waals surface area contributed by atoms with Crippen LogP contribution in [0.15, 0.2) is 61.2 Å². The molecule has 0 saturated carbocycles. The van der Waals surface area contributed by atoms with Gasteiger partial charge in [-0.1, -0.05) is 55.0 Å². The zero-order valence-electron chi connectivity index (χ0n) is 11.7. The van der Waals surface area contributed by atoms with E-state index in [1.165, 1.54) is 0 Å². The van der Waals surface area contributed by atoms with Crippen molar-refractivity contribution < 1.29 is 4.74 Å². The molecule has 0 fully saturated rings. The highest BCUT2D eigenvalue weighted by molar-refractivity contribution is 5.64. The zero-order chi connectivity index (χ0) is 14.4. The number of rotatable bonds is 5. The minimum Gasteiger partial charge on any atom is -0.497 e. The number of methoxy groups -OCH3 is 1. The van der Waals surface area contributed by atoms with Crippen LogP contribution in [0.2, 0.25) is 0 Å². The Kier molecular flexibility index (Phi) is 4.63. The summed E-state index contributed by atoms with van der Waals surface area (Å²) >= 11 is 0. The molecule has 0 aliphatic carbocycles. The number of allylic oxidation sites excluding steroid dienone is 1. The van der Waals surface area contributed by atoms with Crippen LogP contribution in [0.4, 0.5) is 0 Å². The molecule has 1 heteroatoms. The first kappa shape index (κ1) is 14.0. The molecule has 0 radical (unpaired) electrons. The van der Waals surface area contributed by atoms with E-state index in [-0.39, 0.29) is 5.92 Å².